The van der Waals surface area contributed by atoms with Gasteiger partial charge in [0.2, 0.25) is 5.91 Å². The van der Waals surface area contributed by atoms with Gasteiger partial charge in [0.05, 0.1) is 10.2 Å². The molecule has 0 saturated heterocycles. The third-order valence-corrected chi connectivity index (χ3v) is 4.17. The van der Waals surface area contributed by atoms with Crippen LogP contribution >= 0.6 is 11.3 Å². The molecule has 0 aliphatic carbocycles. The maximum atomic E-state index is 12.2. The van der Waals surface area contributed by atoms with E-state index in [1.165, 1.54) is 16.3 Å². The maximum absolute atomic E-state index is 12.2. The van der Waals surface area contributed by atoms with E-state index >= 15 is 0 Å². The fourth-order valence-corrected chi connectivity index (χ4v) is 3.05. The fourth-order valence-electron chi connectivity index (χ4n) is 2.09. The highest BCUT2D eigenvalue weighted by molar-refractivity contribution is 7.22. The van der Waals surface area contributed by atoms with Crippen LogP contribution in [0.4, 0.5) is 5.13 Å². The molecule has 7 heteroatoms. The van der Waals surface area contributed by atoms with Gasteiger partial charge in [-0.2, -0.15) is 5.10 Å². The molecular weight excluding hydrogens is 288 g/mol. The van der Waals surface area contributed by atoms with Crippen LogP contribution < -0.4 is 5.32 Å². The molecule has 2 aromatic rings. The van der Waals surface area contributed by atoms with Crippen LogP contribution in [-0.2, 0) is 9.59 Å². The van der Waals surface area contributed by atoms with E-state index in [9.17, 15) is 9.59 Å². The second-order valence-corrected chi connectivity index (χ2v) is 5.94. The summed E-state index contributed by atoms with van der Waals surface area (Å²) in [6.45, 7) is 2.01. The number of thiazole rings is 1. The number of anilines is 1. The van der Waals surface area contributed by atoms with E-state index in [0.29, 0.717) is 23.7 Å². The summed E-state index contributed by atoms with van der Waals surface area (Å²) in [6, 6.07) is 5.95. The smallest absolute Gasteiger partial charge is 0.273 e. The number of amides is 2. The van der Waals surface area contributed by atoms with Crippen molar-refractivity contribution in [2.24, 2.45) is 5.10 Å². The number of carbonyl (C=O) groups is 2. The molecule has 108 valence electrons. The molecule has 6 nitrogen and oxygen atoms in total. The molecule has 1 aromatic carbocycles. The number of hydrogen-bond acceptors (Lipinski definition) is 5. The lowest BCUT2D eigenvalue weighted by Crippen LogP contribution is -2.34. The number of rotatable bonds is 2. The number of hydrazone groups is 1. The van der Waals surface area contributed by atoms with Crippen LogP contribution in [-0.4, -0.2) is 34.6 Å². The number of aryl methyl sites for hydroxylation is 1. The van der Waals surface area contributed by atoms with Gasteiger partial charge in [-0.05, 0) is 24.6 Å². The molecule has 0 atom stereocenters. The van der Waals surface area contributed by atoms with Gasteiger partial charge in [-0.15, -0.1) is 0 Å². The molecular formula is C14H14N4O2S. The molecule has 2 heterocycles. The van der Waals surface area contributed by atoms with Crippen molar-refractivity contribution in [3.8, 4) is 0 Å². The van der Waals surface area contributed by atoms with E-state index in [0.717, 1.165) is 15.8 Å². The summed E-state index contributed by atoms with van der Waals surface area (Å²) in [4.78, 5) is 27.9. The molecule has 2 amide bonds. The van der Waals surface area contributed by atoms with Gasteiger partial charge >= 0.3 is 0 Å². The largest absolute Gasteiger partial charge is 0.297 e. The Bertz CT molecular complexity index is 765. The number of carbonyl (C=O) groups excluding carboxylic acids is 2. The standard InChI is InChI=1S/C14H14N4O2S/c1-8-3-4-9-11(7-8)21-14(15-9)16-13(20)10-5-6-12(19)18(2)17-10/h3-4,7H,5-6H2,1-2H3,(H,15,16,20). The third kappa shape index (κ3) is 2.78. The van der Waals surface area contributed by atoms with Crippen molar-refractivity contribution in [2.45, 2.75) is 19.8 Å². The molecule has 21 heavy (non-hydrogen) atoms. The lowest BCUT2D eigenvalue weighted by atomic mass is 10.1. The predicted molar refractivity (Wildman–Crippen MR) is 82.4 cm³/mol. The van der Waals surface area contributed by atoms with E-state index in [1.54, 1.807) is 7.05 Å². The first-order chi connectivity index (χ1) is 10.0. The van der Waals surface area contributed by atoms with Crippen molar-refractivity contribution in [1.29, 1.82) is 0 Å². The molecule has 0 spiro atoms. The number of nitrogens with zero attached hydrogens (tertiary/aromatic N) is 3. The van der Waals surface area contributed by atoms with Crippen molar-refractivity contribution < 1.29 is 9.59 Å². The number of nitrogens with one attached hydrogen (secondary N) is 1. The molecule has 1 aromatic heterocycles. The first-order valence-electron chi connectivity index (χ1n) is 6.55. The monoisotopic (exact) mass is 302 g/mol. The van der Waals surface area contributed by atoms with Gasteiger partial charge in [-0.25, -0.2) is 9.99 Å². The highest BCUT2D eigenvalue weighted by Crippen LogP contribution is 2.26. The Labute approximate surface area is 125 Å². The second kappa shape index (κ2) is 5.25. The minimum atomic E-state index is -0.301. The van der Waals surface area contributed by atoms with Gasteiger partial charge in [0, 0.05) is 19.9 Å². The van der Waals surface area contributed by atoms with Gasteiger partial charge in [0.25, 0.3) is 5.91 Å². The summed E-state index contributed by atoms with van der Waals surface area (Å²) in [5.41, 5.74) is 2.37. The summed E-state index contributed by atoms with van der Waals surface area (Å²) in [5, 5.41) is 8.50. The van der Waals surface area contributed by atoms with E-state index < -0.39 is 0 Å². The lowest BCUT2D eigenvalue weighted by molar-refractivity contribution is -0.130. The van der Waals surface area contributed by atoms with Crippen molar-refractivity contribution in [2.75, 3.05) is 12.4 Å². The molecule has 0 unspecified atom stereocenters. The Morgan fingerprint density at radius 2 is 2.19 bits per heavy atom. The predicted octanol–water partition coefficient (Wildman–Crippen LogP) is 2.15. The number of aromatic nitrogens is 1. The van der Waals surface area contributed by atoms with E-state index in [-0.39, 0.29) is 11.8 Å². The molecule has 1 aliphatic rings. The van der Waals surface area contributed by atoms with Crippen LogP contribution in [0.3, 0.4) is 0 Å². The number of hydrogen-bond donors (Lipinski definition) is 1. The summed E-state index contributed by atoms with van der Waals surface area (Å²) >= 11 is 1.43. The molecule has 1 N–H and O–H groups in total. The summed E-state index contributed by atoms with van der Waals surface area (Å²) < 4.78 is 1.03. The topological polar surface area (TPSA) is 74.7 Å². The zero-order valence-electron chi connectivity index (χ0n) is 11.7. The van der Waals surface area contributed by atoms with E-state index in [2.05, 4.69) is 15.4 Å². The van der Waals surface area contributed by atoms with Crippen LogP contribution in [0.2, 0.25) is 0 Å². The van der Waals surface area contributed by atoms with Crippen molar-refractivity contribution in [3.63, 3.8) is 0 Å². The summed E-state index contributed by atoms with van der Waals surface area (Å²) in [7, 11) is 1.55. The van der Waals surface area contributed by atoms with Gasteiger partial charge in [-0.3, -0.25) is 14.9 Å². The first kappa shape index (κ1) is 13.7. The Morgan fingerprint density at radius 1 is 1.38 bits per heavy atom. The van der Waals surface area contributed by atoms with Gasteiger partial charge in [0.1, 0.15) is 5.71 Å². The number of benzene rings is 1. The quantitative estimate of drug-likeness (QED) is 0.923. The molecule has 0 bridgehead atoms. The summed E-state index contributed by atoms with van der Waals surface area (Å²) in [5.74, 6) is -0.382. The Balaban J connectivity index is 1.80. The first-order valence-corrected chi connectivity index (χ1v) is 7.37. The Hall–Kier alpha value is -2.28. The lowest BCUT2D eigenvalue weighted by Gasteiger charge is -2.18. The molecule has 0 radical (unpaired) electrons. The SMILES string of the molecule is Cc1ccc2nc(NC(=O)C3=NN(C)C(=O)CC3)sc2c1. The normalized spacial score (nSPS) is 15.2. The van der Waals surface area contributed by atoms with Crippen molar-refractivity contribution in [1.82, 2.24) is 9.99 Å². The van der Waals surface area contributed by atoms with Crippen LogP contribution in [0, 0.1) is 6.92 Å². The highest BCUT2D eigenvalue weighted by atomic mass is 32.1. The molecule has 0 saturated carbocycles. The van der Waals surface area contributed by atoms with Gasteiger partial charge in [0.15, 0.2) is 5.13 Å². The van der Waals surface area contributed by atoms with Crippen LogP contribution in [0.15, 0.2) is 23.3 Å². The average molecular weight is 302 g/mol. The van der Waals surface area contributed by atoms with Gasteiger partial charge in [-0.1, -0.05) is 17.4 Å². The fraction of sp³-hybridized carbons (Fsp3) is 0.286. The zero-order valence-corrected chi connectivity index (χ0v) is 12.5. The molecule has 0 fully saturated rings. The average Bonchev–Trinajstić information content (AvgIpc) is 2.83. The highest BCUT2D eigenvalue weighted by Gasteiger charge is 2.22. The van der Waals surface area contributed by atoms with Crippen molar-refractivity contribution in [3.05, 3.63) is 23.8 Å². The molecule has 1 aliphatic heterocycles. The Morgan fingerprint density at radius 3 is 2.95 bits per heavy atom. The maximum Gasteiger partial charge on any atom is 0.273 e. The second-order valence-electron chi connectivity index (χ2n) is 4.91. The van der Waals surface area contributed by atoms with E-state index in [4.69, 9.17) is 0 Å². The molecule has 3 rings (SSSR count). The third-order valence-electron chi connectivity index (χ3n) is 3.23. The summed E-state index contributed by atoms with van der Waals surface area (Å²) in [6.07, 6.45) is 0.667. The minimum absolute atomic E-state index is 0.0815. The Kier molecular flexibility index (Phi) is 3.42. The van der Waals surface area contributed by atoms with Crippen LogP contribution in [0.1, 0.15) is 18.4 Å². The minimum Gasteiger partial charge on any atom is -0.297 e. The zero-order chi connectivity index (χ0) is 15.0. The van der Waals surface area contributed by atoms with Crippen molar-refractivity contribution >= 4 is 44.2 Å². The van der Waals surface area contributed by atoms with Crippen LogP contribution in [0.25, 0.3) is 10.2 Å². The van der Waals surface area contributed by atoms with Gasteiger partial charge < -0.3 is 0 Å². The van der Waals surface area contributed by atoms with E-state index in [1.807, 2.05) is 25.1 Å². The number of fused-ring (bicyclic) bond motifs is 1. The van der Waals surface area contributed by atoms with Crippen LogP contribution in [0.5, 0.6) is 0 Å².